The number of aldehydes is 1. The first-order valence-corrected chi connectivity index (χ1v) is 5.67. The predicted octanol–water partition coefficient (Wildman–Crippen LogP) is -0.319. The first-order chi connectivity index (χ1) is 8.21. The van der Waals surface area contributed by atoms with Gasteiger partial charge in [-0.1, -0.05) is 16.9 Å². The van der Waals surface area contributed by atoms with E-state index in [1.165, 1.54) is 18.7 Å². The van der Waals surface area contributed by atoms with Gasteiger partial charge < -0.3 is 21.1 Å². The minimum atomic E-state index is -0.0989. The maximum absolute atomic E-state index is 8.81. The number of hydrogen-bond donors (Lipinski definition) is 3. The Morgan fingerprint density at radius 1 is 1.71 bits per heavy atom. The van der Waals surface area contributed by atoms with E-state index in [4.69, 9.17) is 15.7 Å². The van der Waals surface area contributed by atoms with Gasteiger partial charge in [-0.15, -0.1) is 0 Å². The number of carbonyl (C=O) groups excluding carboxylic acids is 1. The highest BCUT2D eigenvalue weighted by Crippen LogP contribution is 2.17. The molecule has 96 valence electrons. The fraction of sp³-hybridized carbons (Fsp3) is 0.500. The lowest BCUT2D eigenvalue weighted by atomic mass is 10.4. The number of thioether (sulfide) groups is 1. The van der Waals surface area contributed by atoms with E-state index >= 15 is 0 Å². The summed E-state index contributed by atoms with van der Waals surface area (Å²) in [5.74, 6) is 0.703. The van der Waals surface area contributed by atoms with Crippen LogP contribution >= 0.6 is 11.8 Å². The normalized spacial score (nSPS) is 10.6. The lowest BCUT2D eigenvalue weighted by molar-refractivity contribution is -0.106. The van der Waals surface area contributed by atoms with Crippen molar-refractivity contribution in [1.29, 1.82) is 0 Å². The average Bonchev–Trinajstić information content (AvgIpc) is 2.78. The van der Waals surface area contributed by atoms with Gasteiger partial charge in [-0.25, -0.2) is 4.63 Å². The summed E-state index contributed by atoms with van der Waals surface area (Å²) in [7, 11) is 1.85. The lowest BCUT2D eigenvalue weighted by Crippen LogP contribution is -2.15. The van der Waals surface area contributed by atoms with E-state index in [-0.39, 0.29) is 11.5 Å². The average molecular weight is 261 g/mol. The van der Waals surface area contributed by atoms with Gasteiger partial charge in [-0.3, -0.25) is 0 Å². The van der Waals surface area contributed by atoms with Gasteiger partial charge in [0.05, 0.1) is 0 Å². The fourth-order valence-electron chi connectivity index (χ4n) is 0.729. The van der Waals surface area contributed by atoms with E-state index in [2.05, 4.69) is 25.4 Å². The number of oxime groups is 1. The molecule has 0 amide bonds. The maximum atomic E-state index is 8.81. The summed E-state index contributed by atoms with van der Waals surface area (Å²) in [4.78, 5) is 8.81. The molecule has 0 radical (unpaired) electrons. The van der Waals surface area contributed by atoms with E-state index in [0.717, 1.165) is 18.6 Å². The summed E-state index contributed by atoms with van der Waals surface area (Å²) in [5, 5.41) is 21.9. The Balaban J connectivity index is 0.000000770. The number of rotatable bonds is 5. The number of nitrogens with two attached hydrogens (primary N) is 1. The molecule has 0 aliphatic carbocycles. The van der Waals surface area contributed by atoms with Crippen LogP contribution in [-0.4, -0.2) is 47.0 Å². The van der Waals surface area contributed by atoms with Crippen molar-refractivity contribution in [2.24, 2.45) is 10.9 Å². The summed E-state index contributed by atoms with van der Waals surface area (Å²) in [5.41, 5.74) is 5.62. The molecule has 0 aliphatic heterocycles. The Hall–Kier alpha value is -1.61. The number of aromatic nitrogens is 2. The second-order valence-corrected chi connectivity index (χ2v) is 3.67. The quantitative estimate of drug-likeness (QED) is 0.125. The summed E-state index contributed by atoms with van der Waals surface area (Å²) >= 11 is 1.42. The molecule has 0 bridgehead atoms. The van der Waals surface area contributed by atoms with Crippen LogP contribution in [0.3, 0.4) is 0 Å². The number of nitrogens with zero attached hydrogens (tertiary/aromatic N) is 3. The molecule has 0 fully saturated rings. The highest BCUT2D eigenvalue weighted by atomic mass is 32.2. The van der Waals surface area contributed by atoms with Crippen molar-refractivity contribution in [3.63, 3.8) is 0 Å². The monoisotopic (exact) mass is 261 g/mol. The van der Waals surface area contributed by atoms with Gasteiger partial charge >= 0.3 is 0 Å². The van der Waals surface area contributed by atoms with Crippen LogP contribution in [-0.2, 0) is 4.79 Å². The summed E-state index contributed by atoms with van der Waals surface area (Å²) in [6, 6.07) is 0. The van der Waals surface area contributed by atoms with Crippen LogP contribution in [0.15, 0.2) is 14.8 Å². The molecule has 0 saturated heterocycles. The van der Waals surface area contributed by atoms with Gasteiger partial charge in [0.2, 0.25) is 0 Å². The van der Waals surface area contributed by atoms with Crippen molar-refractivity contribution in [3.8, 4) is 0 Å². The Bertz CT molecular complexity index is 355. The molecule has 8 nitrogen and oxygen atoms in total. The van der Waals surface area contributed by atoms with Crippen molar-refractivity contribution in [3.05, 3.63) is 5.69 Å². The molecule has 0 aromatic carbocycles. The molecule has 0 saturated carbocycles. The van der Waals surface area contributed by atoms with E-state index in [0.29, 0.717) is 5.03 Å². The molecule has 0 spiro atoms. The van der Waals surface area contributed by atoms with Crippen molar-refractivity contribution in [2.45, 2.75) is 11.9 Å². The summed E-state index contributed by atoms with van der Waals surface area (Å²) < 4.78 is 4.49. The van der Waals surface area contributed by atoms with E-state index in [1.807, 2.05) is 7.05 Å². The number of nitrogens with one attached hydrogen (secondary N) is 1. The SMILES string of the molecule is CC=O.CNCCSc1nonc1/C(N)=N/O. The predicted molar refractivity (Wildman–Crippen MR) is 63.2 cm³/mol. The van der Waals surface area contributed by atoms with Gasteiger partial charge in [-0.2, -0.15) is 0 Å². The zero-order chi connectivity index (χ0) is 13.1. The van der Waals surface area contributed by atoms with Crippen LogP contribution in [0, 0.1) is 0 Å². The highest BCUT2D eigenvalue weighted by molar-refractivity contribution is 7.99. The van der Waals surface area contributed by atoms with Gasteiger partial charge in [0, 0.05) is 12.3 Å². The number of amidine groups is 1. The molecule has 0 atom stereocenters. The molecule has 0 unspecified atom stereocenters. The Morgan fingerprint density at radius 3 is 2.88 bits per heavy atom. The van der Waals surface area contributed by atoms with Crippen LogP contribution in [0.5, 0.6) is 0 Å². The molecular formula is C8H15N5O3S. The Labute approximate surface area is 103 Å². The topological polar surface area (TPSA) is 127 Å². The zero-order valence-corrected chi connectivity index (χ0v) is 10.4. The maximum Gasteiger partial charge on any atom is 0.195 e. The van der Waals surface area contributed by atoms with Crippen molar-refractivity contribution in [1.82, 2.24) is 15.6 Å². The van der Waals surface area contributed by atoms with Gasteiger partial charge in [0.1, 0.15) is 6.29 Å². The van der Waals surface area contributed by atoms with Crippen molar-refractivity contribution < 1.29 is 14.6 Å². The van der Waals surface area contributed by atoms with E-state index in [1.54, 1.807) is 0 Å². The number of hydrogen-bond acceptors (Lipinski definition) is 8. The Morgan fingerprint density at radius 2 is 2.35 bits per heavy atom. The van der Waals surface area contributed by atoms with Crippen molar-refractivity contribution in [2.75, 3.05) is 19.3 Å². The highest BCUT2D eigenvalue weighted by Gasteiger charge is 2.14. The molecular weight excluding hydrogens is 246 g/mol. The molecule has 1 aromatic rings. The minimum absolute atomic E-state index is 0.0989. The van der Waals surface area contributed by atoms with Crippen LogP contribution < -0.4 is 11.1 Å². The van der Waals surface area contributed by atoms with Crippen LogP contribution in [0.1, 0.15) is 12.6 Å². The molecule has 1 rings (SSSR count). The third-order valence-corrected chi connectivity index (χ3v) is 2.35. The van der Waals surface area contributed by atoms with Crippen LogP contribution in [0.25, 0.3) is 0 Å². The summed E-state index contributed by atoms with van der Waals surface area (Å²) in [6.45, 7) is 2.27. The van der Waals surface area contributed by atoms with Gasteiger partial charge in [-0.05, 0) is 24.3 Å². The zero-order valence-electron chi connectivity index (χ0n) is 9.58. The smallest absolute Gasteiger partial charge is 0.195 e. The first-order valence-electron chi connectivity index (χ1n) is 4.68. The Kier molecular flexibility index (Phi) is 8.69. The second-order valence-electron chi connectivity index (χ2n) is 2.59. The fourth-order valence-corrected chi connectivity index (χ4v) is 1.59. The molecule has 1 heterocycles. The van der Waals surface area contributed by atoms with E-state index < -0.39 is 0 Å². The standard InChI is InChI=1S/C6H11N5O2S.C2H4O/c1-8-2-3-14-6-4(5(7)9-12)10-13-11-6;1-2-3/h8,12H,2-3H2,1H3,(H2,7,9);2H,1H3. The minimum Gasteiger partial charge on any atom is -0.409 e. The largest absolute Gasteiger partial charge is 0.409 e. The number of carbonyl (C=O) groups is 1. The molecule has 0 aliphatic rings. The molecule has 9 heteroatoms. The first kappa shape index (κ1) is 15.4. The molecule has 4 N–H and O–H groups in total. The van der Waals surface area contributed by atoms with Gasteiger partial charge in [0.25, 0.3) is 0 Å². The van der Waals surface area contributed by atoms with Crippen molar-refractivity contribution >= 4 is 23.9 Å². The third-order valence-electron chi connectivity index (χ3n) is 1.40. The van der Waals surface area contributed by atoms with E-state index in [9.17, 15) is 0 Å². The molecule has 17 heavy (non-hydrogen) atoms. The van der Waals surface area contributed by atoms with Gasteiger partial charge in [0.15, 0.2) is 16.6 Å². The summed E-state index contributed by atoms with van der Waals surface area (Å²) in [6.07, 6.45) is 0.750. The lowest BCUT2D eigenvalue weighted by Gasteiger charge is -1.97. The second kappa shape index (κ2) is 9.60. The molecule has 1 aromatic heterocycles. The van der Waals surface area contributed by atoms with Crippen LogP contribution in [0.4, 0.5) is 0 Å². The third kappa shape index (κ3) is 5.88. The van der Waals surface area contributed by atoms with Crippen LogP contribution in [0.2, 0.25) is 0 Å².